The molecule has 0 saturated carbocycles. The van der Waals surface area contributed by atoms with Crippen molar-refractivity contribution < 1.29 is 13.2 Å². The number of anilines is 2. The zero-order valence-electron chi connectivity index (χ0n) is 17.3. The summed E-state index contributed by atoms with van der Waals surface area (Å²) in [5, 5.41) is 0. The van der Waals surface area contributed by atoms with Gasteiger partial charge in [0.1, 0.15) is 0 Å². The Labute approximate surface area is 173 Å². The van der Waals surface area contributed by atoms with Gasteiger partial charge in [-0.3, -0.25) is 9.52 Å². The van der Waals surface area contributed by atoms with Crippen molar-refractivity contribution >= 4 is 27.3 Å². The molecule has 0 bridgehead atoms. The lowest BCUT2D eigenvalue weighted by atomic mass is 10.00. The molecule has 0 saturated heterocycles. The summed E-state index contributed by atoms with van der Waals surface area (Å²) in [6.45, 7) is 5.69. The first-order chi connectivity index (χ1) is 13.7. The third-order valence-corrected chi connectivity index (χ3v) is 5.70. The number of rotatable bonds is 7. The van der Waals surface area contributed by atoms with E-state index in [0.29, 0.717) is 12.2 Å². The second-order valence-electron chi connectivity index (χ2n) is 7.80. The topological polar surface area (TPSA) is 69.7 Å². The number of amides is 1. The van der Waals surface area contributed by atoms with E-state index in [-0.39, 0.29) is 18.5 Å². The molecule has 2 aromatic rings. The largest absolute Gasteiger partial charge is 0.362 e. The zero-order valence-corrected chi connectivity index (χ0v) is 18.1. The molecule has 0 aliphatic carbocycles. The van der Waals surface area contributed by atoms with Gasteiger partial charge < -0.3 is 9.80 Å². The van der Waals surface area contributed by atoms with Crippen LogP contribution < -0.4 is 9.62 Å². The van der Waals surface area contributed by atoms with Crippen molar-refractivity contribution in [1.29, 1.82) is 0 Å². The van der Waals surface area contributed by atoms with Gasteiger partial charge in [0, 0.05) is 24.8 Å². The zero-order chi connectivity index (χ0) is 21.0. The van der Waals surface area contributed by atoms with E-state index in [1.165, 1.54) is 0 Å². The lowest BCUT2D eigenvalue weighted by Gasteiger charge is -2.35. The van der Waals surface area contributed by atoms with Gasteiger partial charge >= 0.3 is 0 Å². The maximum atomic E-state index is 13.2. The number of carbonyl (C=O) groups is 1. The molecule has 3 rings (SSSR count). The second kappa shape index (κ2) is 8.86. The maximum Gasteiger partial charge on any atom is 0.242 e. The molecule has 2 aromatic carbocycles. The van der Waals surface area contributed by atoms with Crippen LogP contribution in [0, 0.1) is 0 Å². The van der Waals surface area contributed by atoms with E-state index in [9.17, 15) is 13.2 Å². The Morgan fingerprint density at radius 3 is 2.52 bits per heavy atom. The van der Waals surface area contributed by atoms with Crippen LogP contribution in [0.2, 0.25) is 0 Å². The van der Waals surface area contributed by atoms with Crippen LogP contribution in [0.1, 0.15) is 31.4 Å². The summed E-state index contributed by atoms with van der Waals surface area (Å²) in [5.74, 6) is 0.0678. The highest BCUT2D eigenvalue weighted by Gasteiger charge is 2.25. The number of benzene rings is 2. The van der Waals surface area contributed by atoms with E-state index in [4.69, 9.17) is 0 Å². The Hall–Kier alpha value is -2.54. The van der Waals surface area contributed by atoms with Crippen LogP contribution in [-0.2, 0) is 27.8 Å². The Bertz CT molecular complexity index is 959. The minimum absolute atomic E-state index is 0.0678. The van der Waals surface area contributed by atoms with Crippen LogP contribution in [-0.4, -0.2) is 44.6 Å². The summed E-state index contributed by atoms with van der Waals surface area (Å²) < 4.78 is 26.0. The van der Waals surface area contributed by atoms with Crippen molar-refractivity contribution in [2.24, 2.45) is 0 Å². The molecule has 0 radical (unpaired) electrons. The van der Waals surface area contributed by atoms with Crippen LogP contribution in [0.3, 0.4) is 0 Å². The molecule has 1 aliphatic rings. The molecule has 1 N–H and O–H groups in total. The fourth-order valence-corrected chi connectivity index (χ4v) is 4.34. The van der Waals surface area contributed by atoms with Gasteiger partial charge in [0.15, 0.2) is 0 Å². The number of nitrogens with zero attached hydrogens (tertiary/aromatic N) is 2. The molecule has 7 heteroatoms. The molecule has 0 unspecified atom stereocenters. The van der Waals surface area contributed by atoms with E-state index in [1.54, 1.807) is 6.07 Å². The van der Waals surface area contributed by atoms with E-state index in [2.05, 4.69) is 9.62 Å². The molecule has 156 valence electrons. The first-order valence-electron chi connectivity index (χ1n) is 9.92. The van der Waals surface area contributed by atoms with Crippen molar-refractivity contribution in [2.75, 3.05) is 29.0 Å². The molecule has 0 aromatic heterocycles. The Balaban J connectivity index is 1.80. The van der Waals surface area contributed by atoms with Crippen LogP contribution in [0.4, 0.5) is 11.4 Å². The average molecular weight is 416 g/mol. The Kier molecular flexibility index (Phi) is 6.47. The van der Waals surface area contributed by atoms with Gasteiger partial charge in [0.05, 0.1) is 18.5 Å². The summed E-state index contributed by atoms with van der Waals surface area (Å²) >= 11 is 0. The van der Waals surface area contributed by atoms with Gasteiger partial charge in [-0.15, -0.1) is 0 Å². The van der Waals surface area contributed by atoms with Crippen LogP contribution >= 0.6 is 0 Å². The number of hydrogen-bond acceptors (Lipinski definition) is 4. The lowest BCUT2D eigenvalue weighted by Crippen LogP contribution is -2.44. The third-order valence-electron chi connectivity index (χ3n) is 5.11. The molecule has 1 amide bonds. The van der Waals surface area contributed by atoms with Gasteiger partial charge in [0.2, 0.25) is 15.9 Å². The van der Waals surface area contributed by atoms with E-state index < -0.39 is 10.0 Å². The number of sulfonamides is 1. The minimum atomic E-state index is -3.35. The molecule has 29 heavy (non-hydrogen) atoms. The maximum absolute atomic E-state index is 13.2. The molecule has 0 fully saturated rings. The second-order valence-corrected chi connectivity index (χ2v) is 9.55. The van der Waals surface area contributed by atoms with E-state index in [0.717, 1.165) is 42.5 Å². The smallest absolute Gasteiger partial charge is 0.242 e. The molecular weight excluding hydrogens is 386 g/mol. The average Bonchev–Trinajstić information content (AvgIpc) is 2.66. The Morgan fingerprint density at radius 1 is 1.14 bits per heavy atom. The summed E-state index contributed by atoms with van der Waals surface area (Å²) in [6, 6.07) is 15.7. The van der Waals surface area contributed by atoms with Gasteiger partial charge in [-0.1, -0.05) is 36.4 Å². The normalized spacial score (nSPS) is 13.9. The fraction of sp³-hybridized carbons (Fsp3) is 0.409. The van der Waals surface area contributed by atoms with Crippen molar-refractivity contribution in [2.45, 2.75) is 39.3 Å². The van der Waals surface area contributed by atoms with Crippen molar-refractivity contribution in [3.05, 3.63) is 59.7 Å². The molecule has 6 nitrogen and oxygen atoms in total. The fourth-order valence-electron chi connectivity index (χ4n) is 3.75. The molecule has 0 spiro atoms. The number of nitrogens with one attached hydrogen (secondary N) is 1. The summed E-state index contributed by atoms with van der Waals surface area (Å²) in [7, 11) is -3.35. The first-order valence-corrected chi connectivity index (χ1v) is 11.8. The van der Waals surface area contributed by atoms with Crippen LogP contribution in [0.25, 0.3) is 0 Å². The van der Waals surface area contributed by atoms with Gasteiger partial charge in [-0.2, -0.15) is 0 Å². The first kappa shape index (κ1) is 21.2. The monoisotopic (exact) mass is 415 g/mol. The molecular formula is C22H29N3O3S. The van der Waals surface area contributed by atoms with Gasteiger partial charge in [0.25, 0.3) is 0 Å². The van der Waals surface area contributed by atoms with Crippen molar-refractivity contribution in [3.63, 3.8) is 0 Å². The summed E-state index contributed by atoms with van der Waals surface area (Å²) in [5.41, 5.74) is 3.60. The highest BCUT2D eigenvalue weighted by molar-refractivity contribution is 7.92. The number of carbonyl (C=O) groups excluding carboxylic acids is 1. The SMILES string of the molecule is CC(C)N(Cc1ccccc1)C(=O)CN1CCCc2c(NS(C)(=O)=O)cccc21. The highest BCUT2D eigenvalue weighted by Crippen LogP contribution is 2.33. The van der Waals surface area contributed by atoms with Crippen molar-refractivity contribution in [1.82, 2.24) is 4.90 Å². The minimum Gasteiger partial charge on any atom is -0.362 e. The van der Waals surface area contributed by atoms with Crippen molar-refractivity contribution in [3.8, 4) is 0 Å². The summed E-state index contributed by atoms with van der Waals surface area (Å²) in [4.78, 5) is 17.1. The van der Waals surface area contributed by atoms with Crippen LogP contribution in [0.5, 0.6) is 0 Å². The van der Waals surface area contributed by atoms with Crippen LogP contribution in [0.15, 0.2) is 48.5 Å². The Morgan fingerprint density at radius 2 is 1.86 bits per heavy atom. The van der Waals surface area contributed by atoms with E-state index in [1.807, 2.05) is 61.2 Å². The number of hydrogen-bond donors (Lipinski definition) is 1. The summed E-state index contributed by atoms with van der Waals surface area (Å²) in [6.07, 6.45) is 2.82. The van der Waals surface area contributed by atoms with Gasteiger partial charge in [-0.25, -0.2) is 8.42 Å². The standard InChI is InChI=1S/C22H29N3O3S/c1-17(2)25(15-18-9-5-4-6-10-18)22(26)16-24-14-8-11-19-20(23-29(3,27)28)12-7-13-21(19)24/h4-7,9-10,12-13,17,23H,8,11,14-16H2,1-3H3. The number of fused-ring (bicyclic) bond motifs is 1. The molecule has 0 atom stereocenters. The predicted octanol–water partition coefficient (Wildman–Crippen LogP) is 3.25. The van der Waals surface area contributed by atoms with Gasteiger partial charge in [-0.05, 0) is 49.9 Å². The quantitative estimate of drug-likeness (QED) is 0.754. The predicted molar refractivity (Wildman–Crippen MR) is 118 cm³/mol. The van der Waals surface area contributed by atoms with E-state index >= 15 is 0 Å². The highest BCUT2D eigenvalue weighted by atomic mass is 32.2. The molecule has 1 aliphatic heterocycles. The molecule has 1 heterocycles. The third kappa shape index (κ3) is 5.50. The lowest BCUT2D eigenvalue weighted by molar-refractivity contribution is -0.132.